The minimum atomic E-state index is -0.108. The van der Waals surface area contributed by atoms with Gasteiger partial charge in [0.05, 0.1) is 5.38 Å². The van der Waals surface area contributed by atoms with Crippen LogP contribution in [0.25, 0.3) is 11.2 Å². The van der Waals surface area contributed by atoms with E-state index in [9.17, 15) is 0 Å². The standard InChI is InChI=1S/C15H20ClN3O/c1-10-3-6-17-15-13(10)18-14(11(2)16)19(15)7-4-12-5-8-20-9-12/h3,6,11-12H,4-5,7-9H2,1-2H3. The molecule has 0 amide bonds. The zero-order chi connectivity index (χ0) is 14.1. The van der Waals surface area contributed by atoms with Crippen molar-refractivity contribution in [1.29, 1.82) is 0 Å². The molecule has 4 nitrogen and oxygen atoms in total. The normalized spacial score (nSPS) is 20.6. The van der Waals surface area contributed by atoms with Gasteiger partial charge in [0, 0.05) is 26.0 Å². The Morgan fingerprint density at radius 1 is 1.55 bits per heavy atom. The fourth-order valence-corrected chi connectivity index (χ4v) is 2.97. The van der Waals surface area contributed by atoms with Gasteiger partial charge in [0.15, 0.2) is 5.65 Å². The Kier molecular flexibility index (Phi) is 3.94. The maximum absolute atomic E-state index is 6.29. The number of aromatic nitrogens is 3. The van der Waals surface area contributed by atoms with Crippen LogP contribution in [0, 0.1) is 12.8 Å². The molecule has 3 heterocycles. The smallest absolute Gasteiger partial charge is 0.160 e. The van der Waals surface area contributed by atoms with E-state index in [1.807, 2.05) is 19.2 Å². The van der Waals surface area contributed by atoms with Crippen LogP contribution in [0.1, 0.15) is 36.5 Å². The van der Waals surface area contributed by atoms with Gasteiger partial charge in [-0.25, -0.2) is 9.97 Å². The molecule has 20 heavy (non-hydrogen) atoms. The number of halogens is 1. The molecule has 0 radical (unpaired) electrons. The van der Waals surface area contributed by atoms with E-state index in [4.69, 9.17) is 21.3 Å². The van der Waals surface area contributed by atoms with Gasteiger partial charge in [0.1, 0.15) is 11.3 Å². The van der Waals surface area contributed by atoms with Gasteiger partial charge in [0.2, 0.25) is 0 Å². The predicted molar refractivity (Wildman–Crippen MR) is 80.1 cm³/mol. The lowest BCUT2D eigenvalue weighted by molar-refractivity contribution is 0.183. The Morgan fingerprint density at radius 3 is 3.10 bits per heavy atom. The van der Waals surface area contributed by atoms with E-state index in [-0.39, 0.29) is 5.38 Å². The molecule has 3 rings (SSSR count). The molecule has 1 aliphatic heterocycles. The Labute approximate surface area is 124 Å². The van der Waals surface area contributed by atoms with Crippen LogP contribution >= 0.6 is 11.6 Å². The molecule has 1 fully saturated rings. The Morgan fingerprint density at radius 2 is 2.40 bits per heavy atom. The summed E-state index contributed by atoms with van der Waals surface area (Å²) in [6, 6.07) is 1.99. The summed E-state index contributed by atoms with van der Waals surface area (Å²) < 4.78 is 7.62. The van der Waals surface area contributed by atoms with Crippen molar-refractivity contribution >= 4 is 22.8 Å². The maximum atomic E-state index is 6.29. The van der Waals surface area contributed by atoms with Crippen molar-refractivity contribution in [3.63, 3.8) is 0 Å². The van der Waals surface area contributed by atoms with Crippen LogP contribution in [0.4, 0.5) is 0 Å². The number of pyridine rings is 1. The topological polar surface area (TPSA) is 39.9 Å². The molecule has 2 aromatic heterocycles. The summed E-state index contributed by atoms with van der Waals surface area (Å²) in [7, 11) is 0. The van der Waals surface area contributed by atoms with Gasteiger partial charge in [-0.2, -0.15) is 0 Å². The SMILES string of the molecule is Cc1ccnc2c1nc(C(C)Cl)n2CCC1CCOC1. The number of rotatable bonds is 4. The molecule has 0 N–H and O–H groups in total. The number of ether oxygens (including phenoxy) is 1. The lowest BCUT2D eigenvalue weighted by Crippen LogP contribution is -2.10. The molecule has 0 spiro atoms. The first-order chi connectivity index (χ1) is 9.66. The van der Waals surface area contributed by atoms with Crippen molar-refractivity contribution in [2.45, 2.75) is 38.6 Å². The van der Waals surface area contributed by atoms with Crippen molar-refractivity contribution < 1.29 is 4.74 Å². The summed E-state index contributed by atoms with van der Waals surface area (Å²) in [5.41, 5.74) is 3.07. The van der Waals surface area contributed by atoms with Crippen molar-refractivity contribution in [3.8, 4) is 0 Å². The maximum Gasteiger partial charge on any atom is 0.160 e. The fourth-order valence-electron chi connectivity index (χ4n) is 2.80. The van der Waals surface area contributed by atoms with Gasteiger partial charge in [-0.15, -0.1) is 11.6 Å². The monoisotopic (exact) mass is 293 g/mol. The molecule has 1 saturated heterocycles. The van der Waals surface area contributed by atoms with E-state index in [2.05, 4.69) is 16.5 Å². The molecule has 0 aromatic carbocycles. The van der Waals surface area contributed by atoms with E-state index in [0.717, 1.165) is 55.2 Å². The molecule has 2 unspecified atom stereocenters. The molecule has 0 bridgehead atoms. The van der Waals surface area contributed by atoms with Crippen molar-refractivity contribution in [3.05, 3.63) is 23.7 Å². The average molecular weight is 294 g/mol. The third-order valence-corrected chi connectivity index (χ3v) is 4.20. The average Bonchev–Trinajstić information content (AvgIpc) is 3.03. The highest BCUT2D eigenvalue weighted by Crippen LogP contribution is 2.26. The molecule has 0 aliphatic carbocycles. The van der Waals surface area contributed by atoms with E-state index in [1.165, 1.54) is 0 Å². The minimum absolute atomic E-state index is 0.108. The van der Waals surface area contributed by atoms with Crippen LogP contribution in [0.3, 0.4) is 0 Å². The third kappa shape index (κ3) is 2.54. The summed E-state index contributed by atoms with van der Waals surface area (Å²) in [5, 5.41) is -0.108. The Hall–Kier alpha value is -1.13. The summed E-state index contributed by atoms with van der Waals surface area (Å²) in [5.74, 6) is 1.57. The Bertz CT molecular complexity index is 602. The number of alkyl halides is 1. The van der Waals surface area contributed by atoms with E-state index in [1.54, 1.807) is 0 Å². The lowest BCUT2D eigenvalue weighted by Gasteiger charge is -2.12. The van der Waals surface area contributed by atoms with Crippen LogP contribution in [0.2, 0.25) is 0 Å². The summed E-state index contributed by atoms with van der Waals surface area (Å²) in [4.78, 5) is 9.20. The van der Waals surface area contributed by atoms with Gasteiger partial charge in [-0.05, 0) is 44.2 Å². The summed E-state index contributed by atoms with van der Waals surface area (Å²) >= 11 is 6.29. The van der Waals surface area contributed by atoms with Crippen molar-refractivity contribution in [1.82, 2.24) is 14.5 Å². The number of nitrogens with zero attached hydrogens (tertiary/aromatic N) is 3. The summed E-state index contributed by atoms with van der Waals surface area (Å²) in [6.45, 7) is 6.71. The van der Waals surface area contributed by atoms with E-state index >= 15 is 0 Å². The first-order valence-corrected chi connectivity index (χ1v) is 7.64. The van der Waals surface area contributed by atoms with E-state index < -0.39 is 0 Å². The second kappa shape index (κ2) is 5.70. The molecule has 0 saturated carbocycles. The first-order valence-electron chi connectivity index (χ1n) is 7.20. The second-order valence-electron chi connectivity index (χ2n) is 5.56. The molecule has 5 heteroatoms. The van der Waals surface area contributed by atoms with Gasteiger partial charge < -0.3 is 9.30 Å². The highest BCUT2D eigenvalue weighted by atomic mass is 35.5. The quantitative estimate of drug-likeness (QED) is 0.811. The molecular formula is C15H20ClN3O. The Balaban J connectivity index is 1.94. The molecule has 1 aliphatic rings. The van der Waals surface area contributed by atoms with Gasteiger partial charge in [-0.1, -0.05) is 0 Å². The molecular weight excluding hydrogens is 274 g/mol. The predicted octanol–water partition coefficient (Wildman–Crippen LogP) is 3.47. The van der Waals surface area contributed by atoms with Crippen LogP contribution in [-0.4, -0.2) is 27.7 Å². The number of fused-ring (bicyclic) bond motifs is 1. The zero-order valence-corrected chi connectivity index (χ0v) is 12.7. The number of aryl methyl sites for hydroxylation is 2. The van der Waals surface area contributed by atoms with Crippen LogP contribution in [0.15, 0.2) is 12.3 Å². The van der Waals surface area contributed by atoms with Crippen LogP contribution in [0.5, 0.6) is 0 Å². The van der Waals surface area contributed by atoms with Gasteiger partial charge in [0.25, 0.3) is 0 Å². The first kappa shape index (κ1) is 13.8. The number of imidazole rings is 1. The van der Waals surface area contributed by atoms with Gasteiger partial charge in [-0.3, -0.25) is 0 Å². The van der Waals surface area contributed by atoms with Crippen molar-refractivity contribution in [2.24, 2.45) is 5.92 Å². The number of hydrogen-bond acceptors (Lipinski definition) is 3. The van der Waals surface area contributed by atoms with Crippen molar-refractivity contribution in [2.75, 3.05) is 13.2 Å². The second-order valence-corrected chi connectivity index (χ2v) is 6.21. The highest BCUT2D eigenvalue weighted by molar-refractivity contribution is 6.20. The van der Waals surface area contributed by atoms with E-state index in [0.29, 0.717) is 5.92 Å². The largest absolute Gasteiger partial charge is 0.381 e. The van der Waals surface area contributed by atoms with Crippen LogP contribution < -0.4 is 0 Å². The number of hydrogen-bond donors (Lipinski definition) is 0. The summed E-state index contributed by atoms with van der Waals surface area (Å²) in [6.07, 6.45) is 4.10. The minimum Gasteiger partial charge on any atom is -0.381 e. The lowest BCUT2D eigenvalue weighted by atomic mass is 10.1. The molecule has 2 aromatic rings. The molecule has 108 valence electrons. The van der Waals surface area contributed by atoms with Crippen LogP contribution in [-0.2, 0) is 11.3 Å². The molecule has 2 atom stereocenters. The third-order valence-electron chi connectivity index (χ3n) is 4.01. The fraction of sp³-hybridized carbons (Fsp3) is 0.600. The highest BCUT2D eigenvalue weighted by Gasteiger charge is 2.20. The zero-order valence-electron chi connectivity index (χ0n) is 12.0. The van der Waals surface area contributed by atoms with Gasteiger partial charge >= 0.3 is 0 Å².